The van der Waals surface area contributed by atoms with Crippen LogP contribution < -0.4 is 0 Å². The van der Waals surface area contributed by atoms with Crippen LogP contribution in [0.5, 0.6) is 0 Å². The van der Waals surface area contributed by atoms with Crippen LogP contribution in [0.1, 0.15) is 50.6 Å². The Labute approximate surface area is 104 Å². The molecule has 1 unspecified atom stereocenters. The fourth-order valence-electron chi connectivity index (χ4n) is 2.56. The number of unbranched alkanes of at least 4 members (excludes halogenated alkanes) is 1. The predicted octanol–water partition coefficient (Wildman–Crippen LogP) is 3.54. The molecule has 1 atom stereocenters. The van der Waals surface area contributed by atoms with Gasteiger partial charge in [-0.2, -0.15) is 0 Å². The Morgan fingerprint density at radius 3 is 2.82 bits per heavy atom. The van der Waals surface area contributed by atoms with Crippen molar-refractivity contribution in [2.75, 3.05) is 6.54 Å². The van der Waals surface area contributed by atoms with E-state index in [9.17, 15) is 4.79 Å². The Balaban J connectivity index is 2.05. The molecule has 2 heteroatoms. The Bertz CT molecular complexity index is 360. The minimum Gasteiger partial charge on any atom is -0.336 e. The van der Waals surface area contributed by atoms with Gasteiger partial charge in [0, 0.05) is 13.0 Å². The predicted molar refractivity (Wildman–Crippen MR) is 69.7 cm³/mol. The maximum atomic E-state index is 12.1. The van der Waals surface area contributed by atoms with Gasteiger partial charge in [-0.25, -0.2) is 0 Å². The largest absolute Gasteiger partial charge is 0.336 e. The van der Waals surface area contributed by atoms with Gasteiger partial charge in [0.25, 0.3) is 0 Å². The second kappa shape index (κ2) is 5.85. The summed E-state index contributed by atoms with van der Waals surface area (Å²) in [5.74, 6) is 0.332. The van der Waals surface area contributed by atoms with E-state index in [1.165, 1.54) is 5.56 Å². The zero-order chi connectivity index (χ0) is 12.1. The van der Waals surface area contributed by atoms with Crippen LogP contribution in [-0.4, -0.2) is 17.4 Å². The Kier molecular flexibility index (Phi) is 4.18. The highest BCUT2D eigenvalue weighted by atomic mass is 16.2. The van der Waals surface area contributed by atoms with Gasteiger partial charge >= 0.3 is 0 Å². The Morgan fingerprint density at radius 1 is 1.35 bits per heavy atom. The highest BCUT2D eigenvalue weighted by Crippen LogP contribution is 2.32. The third kappa shape index (κ3) is 2.87. The first-order valence-corrected chi connectivity index (χ1v) is 6.67. The fraction of sp³-hybridized carbons (Fsp3) is 0.533. The summed E-state index contributed by atoms with van der Waals surface area (Å²) in [6, 6.07) is 10.7. The molecule has 1 aliphatic heterocycles. The van der Waals surface area contributed by atoms with E-state index in [1.54, 1.807) is 0 Å². The lowest BCUT2D eigenvalue weighted by Gasteiger charge is -2.25. The molecule has 2 rings (SSSR count). The summed E-state index contributed by atoms with van der Waals surface area (Å²) in [5.41, 5.74) is 1.29. The number of likely N-dealkylation sites (tertiary alicyclic amines) is 1. The van der Waals surface area contributed by atoms with Crippen molar-refractivity contribution in [2.24, 2.45) is 0 Å². The summed E-state index contributed by atoms with van der Waals surface area (Å²) < 4.78 is 0. The SMILES string of the molecule is CCCCC(=O)N1CCCC1c1ccccc1. The molecule has 0 bridgehead atoms. The molecule has 1 aromatic rings. The molecule has 0 spiro atoms. The Morgan fingerprint density at radius 2 is 2.12 bits per heavy atom. The molecule has 0 saturated carbocycles. The van der Waals surface area contributed by atoms with Crippen LogP contribution in [0.15, 0.2) is 30.3 Å². The summed E-state index contributed by atoms with van der Waals surface area (Å²) in [6.45, 7) is 3.06. The summed E-state index contributed by atoms with van der Waals surface area (Å²) in [4.78, 5) is 14.2. The van der Waals surface area contributed by atoms with E-state index in [2.05, 4.69) is 36.1 Å². The van der Waals surface area contributed by atoms with Crippen LogP contribution in [0.2, 0.25) is 0 Å². The van der Waals surface area contributed by atoms with Gasteiger partial charge < -0.3 is 4.90 Å². The molecular weight excluding hydrogens is 210 g/mol. The summed E-state index contributed by atoms with van der Waals surface area (Å²) >= 11 is 0. The van der Waals surface area contributed by atoms with E-state index in [1.807, 2.05) is 6.07 Å². The first-order chi connectivity index (χ1) is 8.33. The number of hydrogen-bond acceptors (Lipinski definition) is 1. The van der Waals surface area contributed by atoms with Gasteiger partial charge in [0.05, 0.1) is 6.04 Å². The van der Waals surface area contributed by atoms with Gasteiger partial charge in [-0.05, 0) is 24.8 Å². The van der Waals surface area contributed by atoms with Crippen molar-refractivity contribution < 1.29 is 4.79 Å². The number of hydrogen-bond donors (Lipinski definition) is 0. The maximum absolute atomic E-state index is 12.1. The second-order valence-electron chi connectivity index (χ2n) is 4.76. The molecule has 2 nitrogen and oxygen atoms in total. The average molecular weight is 231 g/mol. The van der Waals surface area contributed by atoms with Gasteiger partial charge in [-0.15, -0.1) is 0 Å². The number of carbonyl (C=O) groups excluding carboxylic acids is 1. The molecule has 1 heterocycles. The monoisotopic (exact) mass is 231 g/mol. The molecule has 92 valence electrons. The van der Waals surface area contributed by atoms with Gasteiger partial charge in [0.1, 0.15) is 0 Å². The van der Waals surface area contributed by atoms with Crippen molar-refractivity contribution in [1.29, 1.82) is 0 Å². The standard InChI is InChI=1S/C15H21NO/c1-2-3-11-15(17)16-12-7-10-14(16)13-8-5-4-6-9-13/h4-6,8-9,14H,2-3,7,10-12H2,1H3. The fourth-order valence-corrected chi connectivity index (χ4v) is 2.56. The topological polar surface area (TPSA) is 20.3 Å². The van der Waals surface area contributed by atoms with E-state index in [0.717, 1.165) is 32.2 Å². The van der Waals surface area contributed by atoms with Gasteiger partial charge in [0.2, 0.25) is 5.91 Å². The molecule has 1 aliphatic rings. The van der Waals surface area contributed by atoms with E-state index in [4.69, 9.17) is 0 Å². The van der Waals surface area contributed by atoms with Crippen LogP contribution in [0.4, 0.5) is 0 Å². The molecule has 17 heavy (non-hydrogen) atoms. The molecular formula is C15H21NO. The minimum atomic E-state index is 0.320. The highest BCUT2D eigenvalue weighted by Gasteiger charge is 2.28. The van der Waals surface area contributed by atoms with Crippen LogP contribution in [-0.2, 0) is 4.79 Å². The van der Waals surface area contributed by atoms with Crippen LogP contribution in [0, 0.1) is 0 Å². The number of rotatable bonds is 4. The lowest BCUT2D eigenvalue weighted by Crippen LogP contribution is -2.30. The highest BCUT2D eigenvalue weighted by molar-refractivity contribution is 5.77. The van der Waals surface area contributed by atoms with E-state index in [-0.39, 0.29) is 0 Å². The summed E-state index contributed by atoms with van der Waals surface area (Å²) in [7, 11) is 0. The van der Waals surface area contributed by atoms with Gasteiger partial charge in [0.15, 0.2) is 0 Å². The van der Waals surface area contributed by atoms with E-state index < -0.39 is 0 Å². The first-order valence-electron chi connectivity index (χ1n) is 6.67. The van der Waals surface area contributed by atoms with E-state index >= 15 is 0 Å². The number of amides is 1. The molecule has 0 radical (unpaired) electrons. The lowest BCUT2D eigenvalue weighted by molar-refractivity contribution is -0.132. The third-order valence-corrected chi connectivity index (χ3v) is 3.50. The molecule has 1 amide bonds. The van der Waals surface area contributed by atoms with Crippen molar-refractivity contribution in [3.8, 4) is 0 Å². The summed E-state index contributed by atoms with van der Waals surface area (Å²) in [5, 5.41) is 0. The van der Waals surface area contributed by atoms with Gasteiger partial charge in [-0.1, -0.05) is 43.7 Å². The first kappa shape index (κ1) is 12.2. The van der Waals surface area contributed by atoms with Crippen LogP contribution in [0.25, 0.3) is 0 Å². The zero-order valence-corrected chi connectivity index (χ0v) is 10.6. The third-order valence-electron chi connectivity index (χ3n) is 3.50. The normalized spacial score (nSPS) is 19.6. The number of carbonyl (C=O) groups is 1. The van der Waals surface area contributed by atoms with Crippen molar-refractivity contribution in [3.63, 3.8) is 0 Å². The molecule has 0 N–H and O–H groups in total. The Hall–Kier alpha value is -1.31. The summed E-state index contributed by atoms with van der Waals surface area (Å²) in [6.07, 6.45) is 5.06. The van der Waals surface area contributed by atoms with Gasteiger partial charge in [-0.3, -0.25) is 4.79 Å². The number of benzene rings is 1. The average Bonchev–Trinajstić information content (AvgIpc) is 2.86. The zero-order valence-electron chi connectivity index (χ0n) is 10.6. The van der Waals surface area contributed by atoms with Crippen LogP contribution in [0.3, 0.4) is 0 Å². The molecule has 1 fully saturated rings. The maximum Gasteiger partial charge on any atom is 0.223 e. The molecule has 1 aromatic carbocycles. The molecule has 1 saturated heterocycles. The van der Waals surface area contributed by atoms with Crippen LogP contribution >= 0.6 is 0 Å². The quantitative estimate of drug-likeness (QED) is 0.776. The van der Waals surface area contributed by atoms with Crippen molar-refractivity contribution >= 4 is 5.91 Å². The van der Waals surface area contributed by atoms with Crippen molar-refractivity contribution in [1.82, 2.24) is 4.90 Å². The smallest absolute Gasteiger partial charge is 0.223 e. The second-order valence-corrected chi connectivity index (χ2v) is 4.76. The van der Waals surface area contributed by atoms with E-state index in [0.29, 0.717) is 18.4 Å². The number of nitrogens with zero attached hydrogens (tertiary/aromatic N) is 1. The lowest BCUT2D eigenvalue weighted by atomic mass is 10.0. The molecule has 0 aromatic heterocycles. The minimum absolute atomic E-state index is 0.320. The van der Waals surface area contributed by atoms with Crippen molar-refractivity contribution in [2.45, 2.75) is 45.1 Å². The molecule has 0 aliphatic carbocycles. The van der Waals surface area contributed by atoms with Crippen molar-refractivity contribution in [3.05, 3.63) is 35.9 Å².